The van der Waals surface area contributed by atoms with E-state index in [1.165, 1.54) is 36.0 Å². The molecule has 0 aliphatic heterocycles. The number of nitrogens with zero attached hydrogens (tertiary/aromatic N) is 3. The minimum Gasteiger partial charge on any atom is -0.324 e. The Bertz CT molecular complexity index is 1210. The molecule has 2 heterocycles. The highest BCUT2D eigenvalue weighted by atomic mass is 35.5. The Morgan fingerprint density at radius 2 is 2.00 bits per heavy atom. The number of carbonyl (C=O) groups is 1. The van der Waals surface area contributed by atoms with Crippen molar-refractivity contribution >= 4 is 46.0 Å². The van der Waals surface area contributed by atoms with Gasteiger partial charge in [0, 0.05) is 28.2 Å². The van der Waals surface area contributed by atoms with Gasteiger partial charge in [-0.05, 0) is 36.4 Å². The van der Waals surface area contributed by atoms with Crippen LogP contribution in [0.4, 0.5) is 14.5 Å². The lowest BCUT2D eigenvalue weighted by atomic mass is 10.2. The third-order valence-electron chi connectivity index (χ3n) is 4.33. The molecule has 2 aromatic heterocycles. The molecule has 0 saturated carbocycles. The highest BCUT2D eigenvalue weighted by Crippen LogP contribution is 2.30. The number of nitrogens with one attached hydrogen (secondary N) is 1. The van der Waals surface area contributed by atoms with Crippen LogP contribution >= 0.6 is 23.4 Å². The molecule has 0 saturated heterocycles. The average Bonchev–Trinajstić information content (AvgIpc) is 3.05. The first-order valence-electron chi connectivity index (χ1n) is 8.92. The van der Waals surface area contributed by atoms with Crippen molar-refractivity contribution in [1.29, 1.82) is 0 Å². The van der Waals surface area contributed by atoms with Crippen LogP contribution in [0.15, 0.2) is 66.1 Å². The van der Waals surface area contributed by atoms with Crippen molar-refractivity contribution < 1.29 is 13.6 Å². The van der Waals surface area contributed by atoms with Crippen LogP contribution in [0.2, 0.25) is 5.02 Å². The van der Waals surface area contributed by atoms with Crippen LogP contribution in [0.3, 0.4) is 0 Å². The number of thioether (sulfide) groups is 1. The molecule has 0 radical (unpaired) electrons. The van der Waals surface area contributed by atoms with Crippen molar-refractivity contribution in [1.82, 2.24) is 14.5 Å². The molecule has 0 spiro atoms. The summed E-state index contributed by atoms with van der Waals surface area (Å²) in [6.07, 6.45) is 3.21. The van der Waals surface area contributed by atoms with E-state index < -0.39 is 11.6 Å². The summed E-state index contributed by atoms with van der Waals surface area (Å²) in [4.78, 5) is 21.2. The van der Waals surface area contributed by atoms with E-state index in [1.807, 2.05) is 0 Å². The van der Waals surface area contributed by atoms with Crippen LogP contribution in [-0.2, 0) is 17.1 Å². The maximum absolute atomic E-state index is 14.1. The summed E-state index contributed by atoms with van der Waals surface area (Å²) < 4.78 is 29.2. The molecular formula is C21H15ClF2N4OS. The van der Waals surface area contributed by atoms with Gasteiger partial charge in [0.05, 0.1) is 17.2 Å². The lowest BCUT2D eigenvalue weighted by molar-refractivity contribution is -0.116. The van der Waals surface area contributed by atoms with Gasteiger partial charge in [-0.2, -0.15) is 0 Å². The summed E-state index contributed by atoms with van der Waals surface area (Å²) in [5.41, 5.74) is 2.04. The number of fused-ring (bicyclic) bond motifs is 1. The summed E-state index contributed by atoms with van der Waals surface area (Å²) in [6, 6.07) is 11.9. The summed E-state index contributed by atoms with van der Waals surface area (Å²) in [6.45, 7) is -0.0634. The van der Waals surface area contributed by atoms with Gasteiger partial charge in [-0.1, -0.05) is 35.5 Å². The van der Waals surface area contributed by atoms with E-state index in [0.29, 0.717) is 32.5 Å². The van der Waals surface area contributed by atoms with Crippen LogP contribution in [-0.4, -0.2) is 20.4 Å². The van der Waals surface area contributed by atoms with Crippen LogP contribution in [0.25, 0.3) is 11.0 Å². The maximum atomic E-state index is 14.1. The third kappa shape index (κ3) is 4.44. The molecule has 0 atom stereocenters. The fraction of sp³-hybridized carbons (Fsp3) is 0.0952. The molecule has 1 amide bonds. The first-order chi connectivity index (χ1) is 14.5. The Kier molecular flexibility index (Phi) is 5.96. The summed E-state index contributed by atoms with van der Waals surface area (Å²) in [5.74, 6) is -0.950. The zero-order valence-electron chi connectivity index (χ0n) is 15.5. The number of halogens is 3. The molecule has 152 valence electrons. The predicted octanol–water partition coefficient (Wildman–Crippen LogP) is 5.29. The van der Waals surface area contributed by atoms with Gasteiger partial charge in [0.2, 0.25) is 5.91 Å². The van der Waals surface area contributed by atoms with Crippen molar-refractivity contribution in [2.24, 2.45) is 0 Å². The number of benzene rings is 2. The van der Waals surface area contributed by atoms with Crippen LogP contribution in [0.1, 0.15) is 5.56 Å². The van der Waals surface area contributed by atoms with Gasteiger partial charge in [-0.3, -0.25) is 9.78 Å². The minimum absolute atomic E-state index is 0.0634. The Hall–Kier alpha value is -2.97. The first-order valence-corrected chi connectivity index (χ1v) is 10.3. The zero-order chi connectivity index (χ0) is 21.1. The van der Waals surface area contributed by atoms with E-state index in [9.17, 15) is 13.6 Å². The van der Waals surface area contributed by atoms with E-state index in [1.54, 1.807) is 41.2 Å². The second-order valence-electron chi connectivity index (χ2n) is 6.39. The number of pyridine rings is 1. The molecule has 0 aliphatic carbocycles. The topological polar surface area (TPSA) is 59.8 Å². The molecular weight excluding hydrogens is 430 g/mol. The molecule has 4 rings (SSSR count). The number of imidazole rings is 1. The number of aromatic nitrogens is 3. The first kappa shape index (κ1) is 20.3. The molecule has 0 unspecified atom stereocenters. The second kappa shape index (κ2) is 8.81. The van der Waals surface area contributed by atoms with Gasteiger partial charge in [0.25, 0.3) is 0 Å². The molecule has 4 aromatic rings. The molecule has 0 bridgehead atoms. The van der Waals surface area contributed by atoms with Crippen LogP contribution in [0, 0.1) is 11.6 Å². The normalized spacial score (nSPS) is 11.0. The number of rotatable bonds is 6. The van der Waals surface area contributed by atoms with Gasteiger partial charge < -0.3 is 9.88 Å². The fourth-order valence-corrected chi connectivity index (χ4v) is 4.29. The van der Waals surface area contributed by atoms with Gasteiger partial charge in [0.15, 0.2) is 5.16 Å². The quantitative estimate of drug-likeness (QED) is 0.410. The summed E-state index contributed by atoms with van der Waals surface area (Å²) in [5, 5.41) is 3.52. The molecule has 2 aromatic carbocycles. The SMILES string of the molecule is O=C(Cn1c(SCc2c(F)cccc2Cl)nc2ccncc21)Nc1cccc(F)c1. The Labute approximate surface area is 180 Å². The molecule has 0 fully saturated rings. The van der Waals surface area contributed by atoms with E-state index in [-0.39, 0.29) is 18.2 Å². The summed E-state index contributed by atoms with van der Waals surface area (Å²) in [7, 11) is 0. The van der Waals surface area contributed by atoms with E-state index in [0.717, 1.165) is 0 Å². The van der Waals surface area contributed by atoms with E-state index >= 15 is 0 Å². The number of carbonyl (C=O) groups excluding carboxylic acids is 1. The minimum atomic E-state index is -0.442. The van der Waals surface area contributed by atoms with Crippen molar-refractivity contribution in [3.8, 4) is 0 Å². The maximum Gasteiger partial charge on any atom is 0.244 e. The molecule has 30 heavy (non-hydrogen) atoms. The predicted molar refractivity (Wildman–Crippen MR) is 114 cm³/mol. The monoisotopic (exact) mass is 444 g/mol. The Morgan fingerprint density at radius 3 is 2.80 bits per heavy atom. The third-order valence-corrected chi connectivity index (χ3v) is 5.69. The zero-order valence-corrected chi connectivity index (χ0v) is 17.1. The summed E-state index contributed by atoms with van der Waals surface area (Å²) >= 11 is 7.38. The highest BCUT2D eigenvalue weighted by molar-refractivity contribution is 7.98. The Morgan fingerprint density at radius 1 is 1.17 bits per heavy atom. The van der Waals surface area contributed by atoms with Crippen molar-refractivity contribution in [2.75, 3.05) is 5.32 Å². The average molecular weight is 445 g/mol. The van der Waals surface area contributed by atoms with Gasteiger partial charge in [-0.25, -0.2) is 13.8 Å². The van der Waals surface area contributed by atoms with Gasteiger partial charge >= 0.3 is 0 Å². The van der Waals surface area contributed by atoms with Gasteiger partial charge in [0.1, 0.15) is 18.2 Å². The molecule has 0 aliphatic rings. The van der Waals surface area contributed by atoms with Crippen molar-refractivity contribution in [3.05, 3.63) is 83.1 Å². The second-order valence-corrected chi connectivity index (χ2v) is 7.74. The largest absolute Gasteiger partial charge is 0.324 e. The molecule has 5 nitrogen and oxygen atoms in total. The smallest absolute Gasteiger partial charge is 0.244 e. The molecule has 1 N–H and O–H groups in total. The van der Waals surface area contributed by atoms with Crippen LogP contribution in [0.5, 0.6) is 0 Å². The molecule has 9 heteroatoms. The lowest BCUT2D eigenvalue weighted by Crippen LogP contribution is -2.19. The van der Waals surface area contributed by atoms with Gasteiger partial charge in [-0.15, -0.1) is 0 Å². The van der Waals surface area contributed by atoms with E-state index in [4.69, 9.17) is 11.6 Å². The number of anilines is 1. The van der Waals surface area contributed by atoms with Crippen molar-refractivity contribution in [3.63, 3.8) is 0 Å². The highest BCUT2D eigenvalue weighted by Gasteiger charge is 2.16. The lowest BCUT2D eigenvalue weighted by Gasteiger charge is -2.10. The standard InChI is InChI=1S/C21H15ClF2N4OS/c22-16-5-2-6-17(24)15(16)12-30-21-27-18-7-8-25-10-19(18)28(21)11-20(29)26-14-4-1-3-13(23)9-14/h1-10H,11-12H2,(H,26,29). The van der Waals surface area contributed by atoms with E-state index in [2.05, 4.69) is 15.3 Å². The van der Waals surface area contributed by atoms with Crippen LogP contribution < -0.4 is 5.32 Å². The number of hydrogen-bond donors (Lipinski definition) is 1. The number of amides is 1. The number of hydrogen-bond acceptors (Lipinski definition) is 4. The fourth-order valence-electron chi connectivity index (χ4n) is 2.93. The van der Waals surface area contributed by atoms with Crippen molar-refractivity contribution in [2.45, 2.75) is 17.5 Å². The Balaban J connectivity index is 1.59.